The average molecular weight is 200 g/mol. The molecule has 0 aliphatic rings. The van der Waals surface area contributed by atoms with Gasteiger partial charge < -0.3 is 9.47 Å². The molecule has 0 fully saturated rings. The summed E-state index contributed by atoms with van der Waals surface area (Å²) in [5, 5.41) is 8.54. The zero-order valence-electron chi connectivity index (χ0n) is 7.20. The first-order chi connectivity index (χ1) is 6.67. The Morgan fingerprint density at radius 3 is 2.71 bits per heavy atom. The molecule has 0 N–H and O–H groups in total. The number of pyridine rings is 1. The molecular formula is C8H6F2N2O2. The van der Waals surface area contributed by atoms with E-state index in [0.29, 0.717) is 0 Å². The third kappa shape index (κ3) is 2.29. The fourth-order valence-corrected chi connectivity index (χ4v) is 0.796. The maximum atomic E-state index is 11.9. The highest BCUT2D eigenvalue weighted by Gasteiger charge is 2.12. The van der Waals surface area contributed by atoms with E-state index in [2.05, 4.69) is 9.72 Å². The summed E-state index contributed by atoms with van der Waals surface area (Å²) < 4.78 is 32.4. The van der Waals surface area contributed by atoms with Gasteiger partial charge in [-0.2, -0.15) is 19.0 Å². The molecule has 0 aromatic carbocycles. The molecule has 6 heteroatoms. The van der Waals surface area contributed by atoms with Crippen molar-refractivity contribution in [3.05, 3.63) is 17.7 Å². The standard InChI is InChI=1S/C8H6F2N2O2/c1-13-6-3-2-5(4-11)7(12-6)14-8(9)10/h2-3,8H,1H3. The summed E-state index contributed by atoms with van der Waals surface area (Å²) in [5.74, 6) is -0.318. The van der Waals surface area contributed by atoms with Crippen LogP contribution in [0.4, 0.5) is 8.78 Å². The van der Waals surface area contributed by atoms with Crippen LogP contribution >= 0.6 is 0 Å². The minimum absolute atomic E-state index is 0.0638. The van der Waals surface area contributed by atoms with E-state index >= 15 is 0 Å². The van der Waals surface area contributed by atoms with Crippen molar-refractivity contribution >= 4 is 0 Å². The van der Waals surface area contributed by atoms with Gasteiger partial charge >= 0.3 is 6.61 Å². The predicted molar refractivity (Wildman–Crippen MR) is 42.1 cm³/mol. The molecule has 0 amide bonds. The van der Waals surface area contributed by atoms with Crippen molar-refractivity contribution < 1.29 is 18.3 Å². The van der Waals surface area contributed by atoms with Crippen molar-refractivity contribution in [2.75, 3.05) is 7.11 Å². The fourth-order valence-electron chi connectivity index (χ4n) is 0.796. The molecular weight excluding hydrogens is 194 g/mol. The van der Waals surface area contributed by atoms with Gasteiger partial charge in [0.1, 0.15) is 11.6 Å². The second-order valence-electron chi connectivity index (χ2n) is 2.20. The predicted octanol–water partition coefficient (Wildman–Crippen LogP) is 1.56. The molecule has 0 aliphatic carbocycles. The van der Waals surface area contributed by atoms with Crippen LogP contribution in [0.2, 0.25) is 0 Å². The van der Waals surface area contributed by atoms with E-state index in [0.717, 1.165) is 0 Å². The van der Waals surface area contributed by atoms with Crippen molar-refractivity contribution in [2.45, 2.75) is 6.61 Å². The lowest BCUT2D eigenvalue weighted by Crippen LogP contribution is -2.05. The summed E-state index contributed by atoms with van der Waals surface area (Å²) in [5.41, 5.74) is -0.0638. The molecule has 1 rings (SSSR count). The van der Waals surface area contributed by atoms with E-state index < -0.39 is 12.5 Å². The van der Waals surface area contributed by atoms with Crippen molar-refractivity contribution in [2.24, 2.45) is 0 Å². The zero-order valence-corrected chi connectivity index (χ0v) is 7.20. The van der Waals surface area contributed by atoms with Gasteiger partial charge in [-0.25, -0.2) is 0 Å². The molecule has 0 saturated carbocycles. The topological polar surface area (TPSA) is 55.1 Å². The summed E-state index contributed by atoms with van der Waals surface area (Å²) >= 11 is 0. The van der Waals surface area contributed by atoms with Gasteiger partial charge in [-0.15, -0.1) is 0 Å². The Kier molecular flexibility index (Phi) is 3.18. The van der Waals surface area contributed by atoms with Gasteiger partial charge in [0.2, 0.25) is 11.8 Å². The Morgan fingerprint density at radius 2 is 2.21 bits per heavy atom. The largest absolute Gasteiger partial charge is 0.481 e. The minimum Gasteiger partial charge on any atom is -0.481 e. The van der Waals surface area contributed by atoms with Crippen molar-refractivity contribution in [1.29, 1.82) is 5.26 Å². The second-order valence-corrected chi connectivity index (χ2v) is 2.20. The number of halogens is 2. The highest BCUT2D eigenvalue weighted by Crippen LogP contribution is 2.20. The van der Waals surface area contributed by atoms with E-state index in [1.54, 1.807) is 6.07 Å². The number of hydrogen-bond donors (Lipinski definition) is 0. The first-order valence-electron chi connectivity index (χ1n) is 3.57. The molecule has 1 heterocycles. The molecule has 0 radical (unpaired) electrons. The van der Waals surface area contributed by atoms with Crippen LogP contribution in [0.1, 0.15) is 5.56 Å². The molecule has 0 atom stereocenters. The van der Waals surface area contributed by atoms with Crippen LogP contribution in [-0.2, 0) is 0 Å². The van der Waals surface area contributed by atoms with Crippen LogP contribution in [0.3, 0.4) is 0 Å². The van der Waals surface area contributed by atoms with Crippen LogP contribution in [0, 0.1) is 11.3 Å². The number of ether oxygens (including phenoxy) is 2. The van der Waals surface area contributed by atoms with Gasteiger partial charge in [-0.05, 0) is 6.07 Å². The third-order valence-electron chi connectivity index (χ3n) is 1.37. The summed E-state index contributed by atoms with van der Waals surface area (Å²) in [6, 6.07) is 4.36. The van der Waals surface area contributed by atoms with E-state index in [4.69, 9.17) is 10.00 Å². The number of methoxy groups -OCH3 is 1. The molecule has 1 aromatic rings. The molecule has 0 bridgehead atoms. The quantitative estimate of drug-likeness (QED) is 0.742. The van der Waals surface area contributed by atoms with Gasteiger partial charge in [0.25, 0.3) is 0 Å². The zero-order chi connectivity index (χ0) is 10.6. The molecule has 0 aliphatic heterocycles. The van der Waals surface area contributed by atoms with E-state index in [1.807, 2.05) is 0 Å². The SMILES string of the molecule is COc1ccc(C#N)c(OC(F)F)n1. The van der Waals surface area contributed by atoms with Crippen LogP contribution in [0.5, 0.6) is 11.8 Å². The summed E-state index contributed by atoms with van der Waals surface area (Å²) in [4.78, 5) is 3.56. The molecule has 0 spiro atoms. The minimum atomic E-state index is -3.01. The van der Waals surface area contributed by atoms with Crippen LogP contribution in [0.25, 0.3) is 0 Å². The highest BCUT2D eigenvalue weighted by molar-refractivity contribution is 5.40. The molecule has 14 heavy (non-hydrogen) atoms. The molecule has 1 aromatic heterocycles. The van der Waals surface area contributed by atoms with Crippen molar-refractivity contribution in [3.8, 4) is 17.8 Å². The summed E-state index contributed by atoms with van der Waals surface area (Å²) in [6.45, 7) is -3.01. The molecule has 4 nitrogen and oxygen atoms in total. The Hall–Kier alpha value is -1.90. The van der Waals surface area contributed by atoms with Crippen molar-refractivity contribution in [3.63, 3.8) is 0 Å². The Bertz CT molecular complexity index is 363. The van der Waals surface area contributed by atoms with Crippen LogP contribution < -0.4 is 9.47 Å². The lowest BCUT2D eigenvalue weighted by Gasteiger charge is -2.06. The van der Waals surface area contributed by atoms with Gasteiger partial charge in [-0.1, -0.05) is 0 Å². The van der Waals surface area contributed by atoms with Gasteiger partial charge in [-0.3, -0.25) is 0 Å². The number of alkyl halides is 2. The van der Waals surface area contributed by atoms with Crippen LogP contribution in [-0.4, -0.2) is 18.7 Å². The lowest BCUT2D eigenvalue weighted by molar-refractivity contribution is -0.0532. The Labute approximate surface area is 78.7 Å². The van der Waals surface area contributed by atoms with Gasteiger partial charge in [0.15, 0.2) is 0 Å². The monoisotopic (exact) mass is 200 g/mol. The molecule has 74 valence electrons. The maximum absolute atomic E-state index is 11.9. The smallest absolute Gasteiger partial charge is 0.388 e. The number of hydrogen-bond acceptors (Lipinski definition) is 4. The second kappa shape index (κ2) is 4.37. The average Bonchev–Trinajstić information content (AvgIpc) is 2.16. The molecule has 0 saturated heterocycles. The Morgan fingerprint density at radius 1 is 1.50 bits per heavy atom. The summed E-state index contributed by atoms with van der Waals surface area (Å²) in [6.07, 6.45) is 0. The first-order valence-corrected chi connectivity index (χ1v) is 3.57. The van der Waals surface area contributed by atoms with E-state index in [-0.39, 0.29) is 11.4 Å². The lowest BCUT2D eigenvalue weighted by atomic mass is 10.3. The number of nitrogens with zero attached hydrogens (tertiary/aromatic N) is 2. The number of rotatable bonds is 3. The fraction of sp³-hybridized carbons (Fsp3) is 0.250. The third-order valence-corrected chi connectivity index (χ3v) is 1.37. The summed E-state index contributed by atoms with van der Waals surface area (Å²) in [7, 11) is 1.33. The number of nitriles is 1. The van der Waals surface area contributed by atoms with E-state index in [1.165, 1.54) is 19.2 Å². The maximum Gasteiger partial charge on any atom is 0.388 e. The van der Waals surface area contributed by atoms with Gasteiger partial charge in [0, 0.05) is 6.07 Å². The van der Waals surface area contributed by atoms with E-state index in [9.17, 15) is 8.78 Å². The first kappa shape index (κ1) is 10.2. The highest BCUT2D eigenvalue weighted by atomic mass is 19.3. The van der Waals surface area contributed by atoms with Gasteiger partial charge in [0.05, 0.1) is 7.11 Å². The Balaban J connectivity index is 3.03. The van der Waals surface area contributed by atoms with Crippen LogP contribution in [0.15, 0.2) is 12.1 Å². The molecule has 0 unspecified atom stereocenters. The normalized spacial score (nSPS) is 9.64. The number of aromatic nitrogens is 1. The van der Waals surface area contributed by atoms with Crippen molar-refractivity contribution in [1.82, 2.24) is 4.98 Å².